The average molecular weight is 627 g/mol. The summed E-state index contributed by atoms with van der Waals surface area (Å²) in [6.45, 7) is 2.93. The minimum atomic E-state index is -5.66. The second-order valence-corrected chi connectivity index (χ2v) is 15.6. The summed E-state index contributed by atoms with van der Waals surface area (Å²) in [7, 11) is -3.68. The third-order valence-electron chi connectivity index (χ3n) is 10.5. The normalized spacial score (nSPS) is 27.3. The second-order valence-electron chi connectivity index (χ2n) is 13.3. The fraction of sp³-hybridized carbons (Fsp3) is 0.647. The summed E-state index contributed by atoms with van der Waals surface area (Å²) in [4.78, 5) is 0. The number of alkyl halides is 5. The van der Waals surface area contributed by atoms with E-state index in [2.05, 4.69) is 43.3 Å². The van der Waals surface area contributed by atoms with E-state index in [0.717, 1.165) is 17.6 Å². The molecule has 0 radical (unpaired) electrons. The molecule has 0 amide bonds. The quantitative estimate of drug-likeness (QED) is 0.174. The van der Waals surface area contributed by atoms with Crippen molar-refractivity contribution in [2.24, 2.45) is 17.3 Å². The molecule has 5 atom stereocenters. The Balaban J connectivity index is 1.10. The van der Waals surface area contributed by atoms with Crippen molar-refractivity contribution in [3.05, 3.63) is 65.2 Å². The number of rotatable bonds is 12. The summed E-state index contributed by atoms with van der Waals surface area (Å²) in [5, 5.41) is 0. The average Bonchev–Trinajstić information content (AvgIpc) is 3.35. The van der Waals surface area contributed by atoms with Gasteiger partial charge in [-0.3, -0.25) is 0 Å². The molecule has 2 aromatic rings. The largest absolute Gasteiger partial charge is 0.494 e. The van der Waals surface area contributed by atoms with Gasteiger partial charge in [0.2, 0.25) is 0 Å². The van der Waals surface area contributed by atoms with Crippen LogP contribution in [0.5, 0.6) is 5.75 Å². The van der Waals surface area contributed by atoms with Crippen LogP contribution in [0.3, 0.4) is 0 Å². The molecule has 0 heterocycles. The van der Waals surface area contributed by atoms with Crippen LogP contribution in [0.15, 0.2) is 48.5 Å². The lowest BCUT2D eigenvalue weighted by Crippen LogP contribution is -2.43. The third-order valence-corrected chi connectivity index (χ3v) is 12.3. The van der Waals surface area contributed by atoms with Gasteiger partial charge in [-0.05, 0) is 116 Å². The van der Waals surface area contributed by atoms with Crippen LogP contribution in [0.2, 0.25) is 0 Å². The van der Waals surface area contributed by atoms with Crippen molar-refractivity contribution in [2.45, 2.75) is 101 Å². The molecule has 238 valence electrons. The Hall–Kier alpha value is -2.16. The maximum Gasteiger partial charge on any atom is 0.453 e. The Bertz CT molecular complexity index is 1340. The fourth-order valence-corrected chi connectivity index (χ4v) is 9.78. The van der Waals surface area contributed by atoms with Crippen LogP contribution in [0.25, 0.3) is 0 Å². The molecule has 0 aromatic heterocycles. The van der Waals surface area contributed by atoms with E-state index in [0.29, 0.717) is 43.1 Å². The molecule has 0 aliphatic heterocycles. The topological polar surface area (TPSA) is 43.4 Å². The smallest absolute Gasteiger partial charge is 0.453 e. The molecule has 2 aromatic carbocycles. The third kappa shape index (κ3) is 7.23. The van der Waals surface area contributed by atoms with Gasteiger partial charge in [0, 0.05) is 6.42 Å². The zero-order valence-corrected chi connectivity index (χ0v) is 25.7. The number of ether oxygens (including phenoxy) is 1. The molecule has 9 heteroatoms. The van der Waals surface area contributed by atoms with Crippen molar-refractivity contribution in [3.63, 3.8) is 0 Å². The van der Waals surface area contributed by atoms with E-state index in [1.165, 1.54) is 49.7 Å². The van der Waals surface area contributed by atoms with Crippen LogP contribution in [-0.2, 0) is 16.3 Å². The Labute approximate surface area is 252 Å². The SMILES string of the molecule is C[C@@]12CCC[C@H]1[C@@H]1CCc3ccccc3[C@H]1[C@@H](c1ccc(OCCCCCS(=O)(=O)CCCC(F)(F)C(F)(F)F)cc1)C2. The standard InChI is InChI=1S/C34H43F5O3S/c1-32-18-7-11-30(32)28-17-14-24-9-3-4-10-27(24)31(28)29(23-32)25-12-15-26(16-13-25)42-20-5-2-6-21-43(40,41)22-8-19-33(35,36)34(37,38)39/h3-4,9-10,12-13,15-16,28-31H,2,5-8,11,14,17-23H2,1H3/t28-,29+,30-,31+,32-/m0/s1. The molecule has 0 saturated heterocycles. The highest BCUT2D eigenvalue weighted by atomic mass is 32.2. The van der Waals surface area contributed by atoms with Crippen LogP contribution >= 0.6 is 0 Å². The van der Waals surface area contributed by atoms with Crippen LogP contribution < -0.4 is 4.74 Å². The van der Waals surface area contributed by atoms with Gasteiger partial charge in [-0.2, -0.15) is 22.0 Å². The number of hydrogen-bond donors (Lipinski definition) is 0. The summed E-state index contributed by atoms with van der Waals surface area (Å²) in [6, 6.07) is 17.5. The van der Waals surface area contributed by atoms with E-state index in [4.69, 9.17) is 4.74 Å². The first-order valence-corrected chi connectivity index (χ1v) is 17.6. The lowest BCUT2D eigenvalue weighted by Gasteiger charge is -2.53. The highest BCUT2D eigenvalue weighted by Crippen LogP contribution is 2.65. The summed E-state index contributed by atoms with van der Waals surface area (Å²) < 4.78 is 92.8. The maximum absolute atomic E-state index is 13.0. The van der Waals surface area contributed by atoms with Crippen LogP contribution in [0.4, 0.5) is 22.0 Å². The Morgan fingerprint density at radius 2 is 1.63 bits per heavy atom. The summed E-state index contributed by atoms with van der Waals surface area (Å²) in [5.41, 5.74) is 4.81. The molecule has 0 unspecified atom stereocenters. The monoisotopic (exact) mass is 626 g/mol. The van der Waals surface area contributed by atoms with Gasteiger partial charge in [-0.25, -0.2) is 8.42 Å². The number of hydrogen-bond acceptors (Lipinski definition) is 3. The molecule has 3 aliphatic carbocycles. The molecule has 0 N–H and O–H groups in total. The second kappa shape index (κ2) is 12.7. The van der Waals surface area contributed by atoms with E-state index in [1.807, 2.05) is 12.1 Å². The van der Waals surface area contributed by atoms with Crippen molar-refractivity contribution >= 4 is 9.84 Å². The molecule has 3 aliphatic rings. The molecule has 0 spiro atoms. The van der Waals surface area contributed by atoms with Crippen molar-refractivity contribution in [1.82, 2.24) is 0 Å². The number of aryl methyl sites for hydroxylation is 1. The molecular formula is C34H43F5O3S. The van der Waals surface area contributed by atoms with Crippen molar-refractivity contribution < 1.29 is 35.1 Å². The summed E-state index contributed by atoms with van der Waals surface area (Å²) >= 11 is 0. The zero-order chi connectivity index (χ0) is 30.9. The predicted molar refractivity (Wildman–Crippen MR) is 158 cm³/mol. The first kappa shape index (κ1) is 32.2. The maximum atomic E-state index is 13.0. The van der Waals surface area contributed by atoms with Crippen LogP contribution in [-0.4, -0.2) is 38.6 Å². The molecule has 2 saturated carbocycles. The van der Waals surface area contributed by atoms with E-state index >= 15 is 0 Å². The summed E-state index contributed by atoms with van der Waals surface area (Å²) in [5.74, 6) is -2.45. The molecule has 2 fully saturated rings. The first-order valence-electron chi connectivity index (χ1n) is 15.8. The van der Waals surface area contributed by atoms with Gasteiger partial charge in [0.05, 0.1) is 18.1 Å². The van der Waals surface area contributed by atoms with E-state index < -0.39 is 40.5 Å². The number of fused-ring (bicyclic) bond motifs is 5. The predicted octanol–water partition coefficient (Wildman–Crippen LogP) is 9.27. The van der Waals surface area contributed by atoms with E-state index in [-0.39, 0.29) is 5.75 Å². The lowest BCUT2D eigenvalue weighted by molar-refractivity contribution is -0.284. The Morgan fingerprint density at radius 1 is 0.907 bits per heavy atom. The molecular weight excluding hydrogens is 583 g/mol. The van der Waals surface area contributed by atoms with E-state index in [9.17, 15) is 30.4 Å². The molecule has 3 nitrogen and oxygen atoms in total. The Kier molecular flexibility index (Phi) is 9.51. The van der Waals surface area contributed by atoms with Gasteiger partial charge in [0.15, 0.2) is 0 Å². The van der Waals surface area contributed by atoms with Gasteiger partial charge >= 0.3 is 12.1 Å². The number of unbranched alkanes of at least 4 members (excludes halogenated alkanes) is 2. The van der Waals surface area contributed by atoms with Crippen LogP contribution in [0, 0.1) is 17.3 Å². The van der Waals surface area contributed by atoms with Crippen molar-refractivity contribution in [2.75, 3.05) is 18.1 Å². The highest BCUT2D eigenvalue weighted by Gasteiger charge is 2.57. The van der Waals surface area contributed by atoms with Gasteiger partial charge in [-0.15, -0.1) is 0 Å². The van der Waals surface area contributed by atoms with Gasteiger partial charge in [-0.1, -0.05) is 49.7 Å². The van der Waals surface area contributed by atoms with Gasteiger partial charge in [0.1, 0.15) is 15.6 Å². The van der Waals surface area contributed by atoms with Crippen molar-refractivity contribution in [3.8, 4) is 5.75 Å². The van der Waals surface area contributed by atoms with Gasteiger partial charge in [0.25, 0.3) is 0 Å². The van der Waals surface area contributed by atoms with Gasteiger partial charge < -0.3 is 4.74 Å². The molecule has 0 bridgehead atoms. The number of benzene rings is 2. The minimum absolute atomic E-state index is 0.230. The fourth-order valence-electron chi connectivity index (χ4n) is 8.34. The van der Waals surface area contributed by atoms with E-state index in [1.54, 1.807) is 5.56 Å². The van der Waals surface area contributed by atoms with Crippen molar-refractivity contribution in [1.29, 1.82) is 0 Å². The van der Waals surface area contributed by atoms with Crippen LogP contribution in [0.1, 0.15) is 99.7 Å². The zero-order valence-electron chi connectivity index (χ0n) is 24.9. The highest BCUT2D eigenvalue weighted by molar-refractivity contribution is 7.91. The Morgan fingerprint density at radius 3 is 2.37 bits per heavy atom. The lowest BCUT2D eigenvalue weighted by atomic mass is 9.51. The number of halogens is 5. The summed E-state index contributed by atoms with van der Waals surface area (Å²) in [6.07, 6.45) is 1.25. The molecule has 5 rings (SSSR count). The first-order chi connectivity index (χ1) is 20.3. The number of sulfone groups is 1. The molecule has 43 heavy (non-hydrogen) atoms. The minimum Gasteiger partial charge on any atom is -0.494 e.